The van der Waals surface area contributed by atoms with E-state index in [0.717, 1.165) is 52.1 Å². The second kappa shape index (κ2) is 12.9. The van der Waals surface area contributed by atoms with Crippen molar-refractivity contribution in [1.82, 2.24) is 4.90 Å². The van der Waals surface area contributed by atoms with E-state index in [-0.39, 0.29) is 5.78 Å². The average molecular weight is 594 g/mol. The summed E-state index contributed by atoms with van der Waals surface area (Å²) >= 11 is 1.49. The van der Waals surface area contributed by atoms with E-state index in [4.69, 9.17) is 9.47 Å². The number of carbonyl (C=O) groups excluding carboxylic acids is 2. The fraction of sp³-hybridized carbons (Fsp3) is 0.222. The minimum atomic E-state index is -0.483. The van der Waals surface area contributed by atoms with Crippen molar-refractivity contribution in [3.63, 3.8) is 0 Å². The predicted octanol–water partition coefficient (Wildman–Crippen LogP) is 8.19. The lowest BCUT2D eigenvalue weighted by Gasteiger charge is -2.17. The third kappa shape index (κ3) is 6.38. The fourth-order valence-electron chi connectivity index (χ4n) is 5.39. The molecule has 6 rings (SSSR count). The zero-order valence-electron chi connectivity index (χ0n) is 24.0. The van der Waals surface area contributed by atoms with Crippen LogP contribution in [0.25, 0.3) is 20.5 Å². The Bertz CT molecular complexity index is 1760. The molecule has 43 heavy (non-hydrogen) atoms. The summed E-state index contributed by atoms with van der Waals surface area (Å²) in [6.07, 6.45) is 3.27. The van der Waals surface area contributed by atoms with E-state index in [1.165, 1.54) is 48.4 Å². The van der Waals surface area contributed by atoms with Gasteiger partial charge in [0.1, 0.15) is 12.4 Å². The number of benzene rings is 4. The van der Waals surface area contributed by atoms with Crippen molar-refractivity contribution in [3.8, 4) is 21.9 Å². The molecule has 1 fully saturated rings. The Balaban J connectivity index is 1.38. The van der Waals surface area contributed by atoms with Gasteiger partial charge in [0.25, 0.3) is 0 Å². The van der Waals surface area contributed by atoms with Crippen molar-refractivity contribution in [1.29, 1.82) is 0 Å². The van der Waals surface area contributed by atoms with Gasteiger partial charge in [-0.1, -0.05) is 37.3 Å². The van der Waals surface area contributed by atoms with Gasteiger partial charge in [0.05, 0.1) is 5.56 Å². The number of nitrogens with zero attached hydrogens (tertiary/aromatic N) is 1. The number of carbonyl (C=O) groups is 2. The van der Waals surface area contributed by atoms with E-state index < -0.39 is 11.8 Å². The third-order valence-electron chi connectivity index (χ3n) is 7.80. The predicted molar refractivity (Wildman–Crippen MR) is 169 cm³/mol. The lowest BCUT2D eigenvalue weighted by Crippen LogP contribution is -2.25. The summed E-state index contributed by atoms with van der Waals surface area (Å²) in [5, 5.41) is 0.817. The molecule has 0 radical (unpaired) electrons. The molecule has 0 unspecified atom stereocenters. The summed E-state index contributed by atoms with van der Waals surface area (Å²) in [4.78, 5) is 30.2. The van der Waals surface area contributed by atoms with Crippen molar-refractivity contribution < 1.29 is 23.5 Å². The highest BCUT2D eigenvalue weighted by molar-refractivity contribution is 7.22. The normalized spacial score (nSPS) is 13.3. The first-order valence-corrected chi connectivity index (χ1v) is 15.4. The molecule has 0 saturated carbocycles. The van der Waals surface area contributed by atoms with Crippen molar-refractivity contribution in [2.45, 2.75) is 26.2 Å². The lowest BCUT2D eigenvalue weighted by molar-refractivity contribution is 0.0727. The molecule has 218 valence electrons. The van der Waals surface area contributed by atoms with E-state index in [2.05, 4.69) is 11.8 Å². The Kier molecular flexibility index (Phi) is 8.63. The Morgan fingerprint density at radius 3 is 2.33 bits per heavy atom. The molecule has 4 aromatic carbocycles. The minimum absolute atomic E-state index is 0.201. The summed E-state index contributed by atoms with van der Waals surface area (Å²) < 4.78 is 26.7. The fourth-order valence-corrected chi connectivity index (χ4v) is 6.59. The SMILES string of the molecule is CCc1ccc(C(=O)Oc2cc(-c3sc4ccccc4c3C(=O)c3ccc(F)cc3)ccc2OCCN2CCCC2)cc1. The van der Waals surface area contributed by atoms with Crippen LogP contribution in [-0.2, 0) is 6.42 Å². The number of fused-ring (bicyclic) bond motifs is 1. The van der Waals surface area contributed by atoms with Crippen molar-refractivity contribution in [2.24, 2.45) is 0 Å². The molecule has 0 N–H and O–H groups in total. The van der Waals surface area contributed by atoms with Crippen LogP contribution < -0.4 is 9.47 Å². The first kappa shape index (κ1) is 28.8. The monoisotopic (exact) mass is 593 g/mol. The molecule has 0 aliphatic carbocycles. The Hall–Kier alpha value is -4.33. The molecule has 5 aromatic rings. The number of ether oxygens (including phenoxy) is 2. The molecule has 7 heteroatoms. The number of ketones is 1. The average Bonchev–Trinajstić information content (AvgIpc) is 3.70. The van der Waals surface area contributed by atoms with Crippen LogP contribution in [0, 0.1) is 5.82 Å². The van der Waals surface area contributed by atoms with Gasteiger partial charge in [0, 0.05) is 32.6 Å². The van der Waals surface area contributed by atoms with Gasteiger partial charge in [0.15, 0.2) is 17.3 Å². The number of rotatable bonds is 10. The van der Waals surface area contributed by atoms with Crippen molar-refractivity contribution in [2.75, 3.05) is 26.2 Å². The molecular weight excluding hydrogens is 561 g/mol. The molecule has 1 saturated heterocycles. The van der Waals surface area contributed by atoms with E-state index in [1.54, 1.807) is 24.3 Å². The number of aryl methyl sites for hydroxylation is 1. The van der Waals surface area contributed by atoms with Gasteiger partial charge in [-0.15, -0.1) is 11.3 Å². The van der Waals surface area contributed by atoms with Gasteiger partial charge in [-0.25, -0.2) is 9.18 Å². The maximum atomic E-state index is 13.8. The second-order valence-corrected chi connectivity index (χ2v) is 11.7. The van der Waals surface area contributed by atoms with Crippen LogP contribution in [0.2, 0.25) is 0 Å². The molecule has 1 aliphatic heterocycles. The van der Waals surface area contributed by atoms with Crippen molar-refractivity contribution >= 4 is 33.2 Å². The van der Waals surface area contributed by atoms with E-state index in [0.29, 0.717) is 34.8 Å². The summed E-state index contributed by atoms with van der Waals surface area (Å²) in [5.74, 6) is -0.325. The number of hydrogen-bond donors (Lipinski definition) is 0. The lowest BCUT2D eigenvalue weighted by atomic mass is 9.97. The maximum absolute atomic E-state index is 13.8. The van der Waals surface area contributed by atoms with Gasteiger partial charge >= 0.3 is 5.97 Å². The standard InChI is InChI=1S/C36H32FNO4S/c1-2-24-9-11-26(12-10-24)36(40)42-31-23-27(15-18-30(31)41-22-21-38-19-5-6-20-38)35-33(29-7-3-4-8-32(29)43-35)34(39)25-13-16-28(37)17-14-25/h3-4,7-18,23H,2,5-6,19-22H2,1H3. The molecule has 1 aliphatic rings. The smallest absolute Gasteiger partial charge is 0.343 e. The Labute approximate surface area is 254 Å². The summed E-state index contributed by atoms with van der Waals surface area (Å²) in [7, 11) is 0. The number of likely N-dealkylation sites (tertiary alicyclic amines) is 1. The summed E-state index contributed by atoms with van der Waals surface area (Å²) in [6, 6.07) is 26.2. The van der Waals surface area contributed by atoms with Crippen LogP contribution >= 0.6 is 11.3 Å². The quantitative estimate of drug-likeness (QED) is 0.0928. The maximum Gasteiger partial charge on any atom is 0.343 e. The molecule has 2 heterocycles. The highest BCUT2D eigenvalue weighted by Crippen LogP contribution is 2.42. The first-order valence-electron chi connectivity index (χ1n) is 14.6. The number of esters is 1. The molecule has 1 aromatic heterocycles. The van der Waals surface area contributed by atoms with E-state index in [1.807, 2.05) is 42.5 Å². The van der Waals surface area contributed by atoms with Crippen LogP contribution in [0.1, 0.15) is 51.6 Å². The van der Waals surface area contributed by atoms with Gasteiger partial charge in [-0.2, -0.15) is 0 Å². The number of halogens is 1. The first-order chi connectivity index (χ1) is 21.0. The molecule has 5 nitrogen and oxygen atoms in total. The zero-order chi connectivity index (χ0) is 29.8. The summed E-state index contributed by atoms with van der Waals surface area (Å²) in [5.41, 5.74) is 3.23. The summed E-state index contributed by atoms with van der Waals surface area (Å²) in [6.45, 7) is 5.45. The van der Waals surface area contributed by atoms with Crippen LogP contribution in [0.4, 0.5) is 4.39 Å². The molecule has 0 spiro atoms. The van der Waals surface area contributed by atoms with Crippen LogP contribution in [0.3, 0.4) is 0 Å². The van der Waals surface area contributed by atoms with E-state index in [9.17, 15) is 14.0 Å². The van der Waals surface area contributed by atoms with Gasteiger partial charge in [-0.05, 0) is 104 Å². The number of thiophene rings is 1. The van der Waals surface area contributed by atoms with Crippen LogP contribution in [-0.4, -0.2) is 42.9 Å². The second-order valence-electron chi connectivity index (χ2n) is 10.6. The third-order valence-corrected chi connectivity index (χ3v) is 9.02. The highest BCUT2D eigenvalue weighted by atomic mass is 32.1. The molecule has 0 atom stereocenters. The molecular formula is C36H32FNO4S. The Morgan fingerprint density at radius 1 is 0.860 bits per heavy atom. The Morgan fingerprint density at radius 2 is 1.58 bits per heavy atom. The highest BCUT2D eigenvalue weighted by Gasteiger charge is 2.23. The molecule has 0 bridgehead atoms. The van der Waals surface area contributed by atoms with Gasteiger partial charge < -0.3 is 9.47 Å². The van der Waals surface area contributed by atoms with E-state index >= 15 is 0 Å². The van der Waals surface area contributed by atoms with Crippen molar-refractivity contribution in [3.05, 3.63) is 119 Å². The zero-order valence-corrected chi connectivity index (χ0v) is 24.8. The van der Waals surface area contributed by atoms with Crippen LogP contribution in [0.15, 0.2) is 91.0 Å². The molecule has 0 amide bonds. The number of hydrogen-bond acceptors (Lipinski definition) is 6. The van der Waals surface area contributed by atoms with Crippen LogP contribution in [0.5, 0.6) is 11.5 Å². The van der Waals surface area contributed by atoms with Gasteiger partial charge in [-0.3, -0.25) is 9.69 Å². The largest absolute Gasteiger partial charge is 0.488 e. The minimum Gasteiger partial charge on any atom is -0.488 e. The topological polar surface area (TPSA) is 55.8 Å². The van der Waals surface area contributed by atoms with Gasteiger partial charge in [0.2, 0.25) is 0 Å².